The van der Waals surface area contributed by atoms with Crippen molar-refractivity contribution in [2.24, 2.45) is 28.7 Å². The Hall–Kier alpha value is -1.93. The van der Waals surface area contributed by atoms with Crippen LogP contribution in [0.15, 0.2) is 17.1 Å². The summed E-state index contributed by atoms with van der Waals surface area (Å²) in [6.45, 7) is 13.8. The fraction of sp³-hybridized carbons (Fsp3) is 0.792. The van der Waals surface area contributed by atoms with Gasteiger partial charge >= 0.3 is 0 Å². The molecule has 2 N–H and O–H groups in total. The van der Waals surface area contributed by atoms with E-state index in [4.69, 9.17) is 0 Å². The Morgan fingerprint density at radius 1 is 0.938 bits per heavy atom. The van der Waals surface area contributed by atoms with Gasteiger partial charge in [0.2, 0.25) is 11.8 Å². The predicted octanol–water partition coefficient (Wildman–Crippen LogP) is 0.766. The largest absolute Gasteiger partial charge is 0.357 e. The van der Waals surface area contributed by atoms with Crippen LogP contribution in [0.25, 0.3) is 0 Å². The number of rotatable bonds is 10. The number of nitrogens with zero attached hydrogens (tertiary/aromatic N) is 4. The molecule has 0 aromatic heterocycles. The van der Waals surface area contributed by atoms with Gasteiger partial charge in [0.05, 0.1) is 11.8 Å². The SMILES string of the molecule is CCNC(=NCCCCN1CCN(CC)CC1)NCCN1C(=O)C2C3C=CC(C3)C2C1=O. The zero-order valence-electron chi connectivity index (χ0n) is 19.8. The summed E-state index contributed by atoms with van der Waals surface area (Å²) in [5.74, 6) is 1.15. The van der Waals surface area contributed by atoms with Crippen molar-refractivity contribution in [1.82, 2.24) is 25.3 Å². The number of carbonyl (C=O) groups excluding carboxylic acids is 2. The number of hydrogen-bond donors (Lipinski definition) is 2. The van der Waals surface area contributed by atoms with Crippen LogP contribution in [-0.4, -0.2) is 97.9 Å². The van der Waals surface area contributed by atoms with E-state index in [0.717, 1.165) is 51.4 Å². The van der Waals surface area contributed by atoms with Gasteiger partial charge in [-0.25, -0.2) is 0 Å². The molecule has 178 valence electrons. The maximum atomic E-state index is 12.8. The van der Waals surface area contributed by atoms with Crippen molar-refractivity contribution < 1.29 is 9.59 Å². The average Bonchev–Trinajstić information content (AvgIpc) is 3.49. The Morgan fingerprint density at radius 3 is 2.22 bits per heavy atom. The highest BCUT2D eigenvalue weighted by Crippen LogP contribution is 2.52. The molecular weight excluding hydrogens is 404 g/mol. The summed E-state index contributed by atoms with van der Waals surface area (Å²) >= 11 is 0. The van der Waals surface area contributed by atoms with Gasteiger partial charge in [0, 0.05) is 52.4 Å². The second-order valence-corrected chi connectivity index (χ2v) is 9.50. The molecule has 1 saturated carbocycles. The van der Waals surface area contributed by atoms with E-state index in [1.807, 2.05) is 6.92 Å². The number of guanidine groups is 1. The molecule has 2 aliphatic carbocycles. The Balaban J connectivity index is 1.15. The molecule has 0 aromatic rings. The number of hydrogen-bond acceptors (Lipinski definition) is 5. The summed E-state index contributed by atoms with van der Waals surface area (Å²) < 4.78 is 0. The standard InChI is InChI=1S/C24H40N6O2/c1-3-25-24(26-9-5-6-11-29-15-13-28(4-2)14-16-29)27-10-12-30-22(31)20-18-7-8-19(17-18)21(20)23(30)32/h7-8,18-21H,3-6,9-17H2,1-2H3,(H2,25,26,27). The van der Waals surface area contributed by atoms with E-state index in [1.54, 1.807) is 0 Å². The van der Waals surface area contributed by atoms with Crippen molar-refractivity contribution in [3.8, 4) is 0 Å². The number of amides is 2. The number of allylic oxidation sites excluding steroid dienone is 2. The molecule has 0 spiro atoms. The van der Waals surface area contributed by atoms with E-state index in [9.17, 15) is 9.59 Å². The minimum Gasteiger partial charge on any atom is -0.357 e. The van der Waals surface area contributed by atoms with E-state index < -0.39 is 0 Å². The number of carbonyl (C=O) groups is 2. The lowest BCUT2D eigenvalue weighted by Gasteiger charge is -2.33. The lowest BCUT2D eigenvalue weighted by atomic mass is 9.85. The molecule has 3 fully saturated rings. The van der Waals surface area contributed by atoms with Crippen LogP contribution < -0.4 is 10.6 Å². The maximum Gasteiger partial charge on any atom is 0.233 e. The predicted molar refractivity (Wildman–Crippen MR) is 126 cm³/mol. The van der Waals surface area contributed by atoms with Gasteiger partial charge in [0.1, 0.15) is 0 Å². The molecule has 8 heteroatoms. The molecule has 2 heterocycles. The average molecular weight is 445 g/mol. The van der Waals surface area contributed by atoms with Crippen molar-refractivity contribution in [1.29, 1.82) is 0 Å². The summed E-state index contributed by atoms with van der Waals surface area (Å²) in [5, 5.41) is 6.58. The summed E-state index contributed by atoms with van der Waals surface area (Å²) in [7, 11) is 0. The zero-order valence-corrected chi connectivity index (χ0v) is 19.8. The van der Waals surface area contributed by atoms with Crippen LogP contribution in [0.2, 0.25) is 0 Å². The fourth-order valence-electron chi connectivity index (χ4n) is 5.78. The minimum absolute atomic E-state index is 0.0281. The summed E-state index contributed by atoms with van der Waals surface area (Å²) in [6.07, 6.45) is 7.47. The summed E-state index contributed by atoms with van der Waals surface area (Å²) in [6, 6.07) is 0. The third-order valence-corrected chi connectivity index (χ3v) is 7.60. The Kier molecular flexibility index (Phi) is 7.84. The van der Waals surface area contributed by atoms with Gasteiger partial charge in [0.25, 0.3) is 0 Å². The zero-order chi connectivity index (χ0) is 22.5. The van der Waals surface area contributed by atoms with Gasteiger partial charge in [-0.1, -0.05) is 19.1 Å². The summed E-state index contributed by atoms with van der Waals surface area (Å²) in [4.78, 5) is 36.8. The Labute approximate surface area is 192 Å². The molecule has 0 aromatic carbocycles. The van der Waals surface area contributed by atoms with E-state index >= 15 is 0 Å². The Bertz CT molecular complexity index is 700. The molecule has 2 amide bonds. The topological polar surface area (TPSA) is 80.3 Å². The summed E-state index contributed by atoms with van der Waals surface area (Å²) in [5.41, 5.74) is 0. The van der Waals surface area contributed by atoms with Crippen LogP contribution in [0.4, 0.5) is 0 Å². The van der Waals surface area contributed by atoms with Crippen LogP contribution in [0.5, 0.6) is 0 Å². The van der Waals surface area contributed by atoms with E-state index in [1.165, 1.54) is 31.1 Å². The molecule has 4 rings (SSSR count). The first-order chi connectivity index (χ1) is 15.6. The number of unbranched alkanes of at least 4 members (excludes halogenated alkanes) is 1. The highest BCUT2D eigenvalue weighted by atomic mass is 16.2. The van der Waals surface area contributed by atoms with Crippen molar-refractivity contribution in [3.05, 3.63) is 12.2 Å². The lowest BCUT2D eigenvalue weighted by Crippen LogP contribution is -2.46. The van der Waals surface area contributed by atoms with Crippen LogP contribution in [0.3, 0.4) is 0 Å². The normalized spacial score (nSPS) is 30.4. The quantitative estimate of drug-likeness (QED) is 0.170. The second-order valence-electron chi connectivity index (χ2n) is 9.50. The lowest BCUT2D eigenvalue weighted by molar-refractivity contribution is -0.140. The Morgan fingerprint density at radius 2 is 1.59 bits per heavy atom. The first kappa shape index (κ1) is 23.2. The van der Waals surface area contributed by atoms with Crippen LogP contribution >= 0.6 is 0 Å². The fourth-order valence-corrected chi connectivity index (χ4v) is 5.78. The molecule has 4 atom stereocenters. The first-order valence-corrected chi connectivity index (χ1v) is 12.6. The molecule has 8 nitrogen and oxygen atoms in total. The van der Waals surface area contributed by atoms with Crippen molar-refractivity contribution in [2.45, 2.75) is 33.1 Å². The molecule has 2 bridgehead atoms. The van der Waals surface area contributed by atoms with Crippen molar-refractivity contribution in [2.75, 3.05) is 65.4 Å². The minimum atomic E-state index is -0.107. The van der Waals surface area contributed by atoms with Gasteiger partial charge in [-0.05, 0) is 51.1 Å². The molecular formula is C24H40N6O2. The molecule has 32 heavy (non-hydrogen) atoms. The van der Waals surface area contributed by atoms with Gasteiger partial charge in [0.15, 0.2) is 5.96 Å². The van der Waals surface area contributed by atoms with Gasteiger partial charge in [-0.3, -0.25) is 19.5 Å². The van der Waals surface area contributed by atoms with Gasteiger partial charge in [-0.2, -0.15) is 0 Å². The molecule has 4 unspecified atom stereocenters. The smallest absolute Gasteiger partial charge is 0.233 e. The number of likely N-dealkylation sites (tertiary alicyclic amines) is 1. The van der Waals surface area contributed by atoms with Crippen LogP contribution in [-0.2, 0) is 9.59 Å². The van der Waals surface area contributed by atoms with Crippen LogP contribution in [0.1, 0.15) is 33.1 Å². The molecule has 0 radical (unpaired) electrons. The van der Waals surface area contributed by atoms with Gasteiger partial charge in [-0.15, -0.1) is 0 Å². The third kappa shape index (κ3) is 5.01. The molecule has 2 aliphatic heterocycles. The molecule has 2 saturated heterocycles. The third-order valence-electron chi connectivity index (χ3n) is 7.60. The highest BCUT2D eigenvalue weighted by Gasteiger charge is 2.58. The van der Waals surface area contributed by atoms with Crippen LogP contribution in [0, 0.1) is 23.7 Å². The first-order valence-electron chi connectivity index (χ1n) is 12.6. The number of nitrogens with one attached hydrogen (secondary N) is 2. The molecule has 4 aliphatic rings. The van der Waals surface area contributed by atoms with Gasteiger partial charge < -0.3 is 20.4 Å². The number of fused-ring (bicyclic) bond motifs is 5. The number of likely N-dealkylation sites (N-methyl/N-ethyl adjacent to an activating group) is 1. The van der Waals surface area contributed by atoms with E-state index in [-0.39, 0.29) is 35.5 Å². The van der Waals surface area contributed by atoms with Crippen molar-refractivity contribution in [3.63, 3.8) is 0 Å². The number of aliphatic imine (C=N–C) groups is 1. The number of imide groups is 1. The van der Waals surface area contributed by atoms with Crippen molar-refractivity contribution >= 4 is 17.8 Å². The van der Waals surface area contributed by atoms with E-state index in [2.05, 4.69) is 44.5 Å². The van der Waals surface area contributed by atoms with E-state index in [0.29, 0.717) is 13.1 Å². The number of piperazine rings is 1. The monoisotopic (exact) mass is 444 g/mol. The second kappa shape index (κ2) is 10.8. The highest BCUT2D eigenvalue weighted by molar-refractivity contribution is 6.06. The maximum absolute atomic E-state index is 12.8.